The van der Waals surface area contributed by atoms with E-state index in [1.54, 1.807) is 0 Å². The fourth-order valence-corrected chi connectivity index (χ4v) is 2.95. The highest BCUT2D eigenvalue weighted by atomic mass is 35.5. The summed E-state index contributed by atoms with van der Waals surface area (Å²) in [7, 11) is 0. The Hall–Kier alpha value is -1.81. The molecule has 1 aliphatic carbocycles. The fourth-order valence-electron chi connectivity index (χ4n) is 2.68. The molecule has 0 amide bonds. The minimum atomic E-state index is -0.426. The predicted octanol–water partition coefficient (Wildman–Crippen LogP) is 3.05. The van der Waals surface area contributed by atoms with Gasteiger partial charge in [0.15, 0.2) is 0 Å². The van der Waals surface area contributed by atoms with Gasteiger partial charge in [-0.3, -0.25) is 14.3 Å². The van der Waals surface area contributed by atoms with Crippen LogP contribution >= 0.6 is 11.6 Å². The number of aromatic amines is 1. The molecule has 1 heterocycles. The molecule has 0 saturated heterocycles. The summed E-state index contributed by atoms with van der Waals surface area (Å²) < 4.78 is 1.30. The molecule has 4 nitrogen and oxygen atoms in total. The molecular formula is C16H17ClN2O2. The largest absolute Gasteiger partial charge is 0.329 e. The van der Waals surface area contributed by atoms with E-state index in [0.717, 1.165) is 24.8 Å². The first-order chi connectivity index (χ1) is 10.1. The summed E-state index contributed by atoms with van der Waals surface area (Å²) >= 11 is 6.09. The van der Waals surface area contributed by atoms with E-state index < -0.39 is 5.69 Å². The van der Waals surface area contributed by atoms with Crippen LogP contribution in [0.25, 0.3) is 11.1 Å². The number of benzene rings is 1. The topological polar surface area (TPSA) is 54.9 Å². The van der Waals surface area contributed by atoms with Gasteiger partial charge in [-0.1, -0.05) is 48.9 Å². The average Bonchev–Trinajstić information content (AvgIpc) is 3.25. The first kappa shape index (κ1) is 14.1. The molecule has 1 N–H and O–H groups in total. The Balaban J connectivity index is 2.14. The molecule has 1 aromatic carbocycles. The molecule has 0 radical (unpaired) electrons. The first-order valence-electron chi connectivity index (χ1n) is 7.14. The lowest BCUT2D eigenvalue weighted by molar-refractivity contribution is 0.392. The van der Waals surface area contributed by atoms with E-state index in [1.165, 1.54) is 4.57 Å². The van der Waals surface area contributed by atoms with Gasteiger partial charge in [-0.15, -0.1) is 0 Å². The lowest BCUT2D eigenvalue weighted by Crippen LogP contribution is -2.38. The number of rotatable bonds is 4. The molecule has 0 atom stereocenters. The van der Waals surface area contributed by atoms with Crippen LogP contribution in [-0.4, -0.2) is 9.55 Å². The summed E-state index contributed by atoms with van der Waals surface area (Å²) in [4.78, 5) is 27.4. The van der Waals surface area contributed by atoms with Gasteiger partial charge in [-0.05, 0) is 30.2 Å². The molecule has 1 saturated carbocycles. The third-order valence-electron chi connectivity index (χ3n) is 4.40. The van der Waals surface area contributed by atoms with Gasteiger partial charge >= 0.3 is 5.69 Å². The van der Waals surface area contributed by atoms with Crippen LogP contribution in [0.1, 0.15) is 26.2 Å². The molecule has 21 heavy (non-hydrogen) atoms. The monoisotopic (exact) mass is 304 g/mol. The highest BCUT2D eigenvalue weighted by Crippen LogP contribution is 2.49. The van der Waals surface area contributed by atoms with Crippen molar-refractivity contribution in [1.29, 1.82) is 0 Å². The number of H-pyrrole nitrogens is 1. The zero-order chi connectivity index (χ0) is 15.0. The highest BCUT2D eigenvalue weighted by Gasteiger charge is 2.41. The van der Waals surface area contributed by atoms with Crippen LogP contribution in [0.2, 0.25) is 5.15 Å². The van der Waals surface area contributed by atoms with Crippen LogP contribution in [0.15, 0.2) is 39.9 Å². The zero-order valence-corrected chi connectivity index (χ0v) is 12.6. The number of nitrogens with zero attached hydrogens (tertiary/aromatic N) is 1. The molecule has 1 aliphatic rings. The van der Waals surface area contributed by atoms with Crippen molar-refractivity contribution in [2.45, 2.75) is 32.7 Å². The lowest BCUT2D eigenvalue weighted by atomic mass is 10.0. The number of aromatic nitrogens is 2. The highest BCUT2D eigenvalue weighted by molar-refractivity contribution is 6.32. The van der Waals surface area contributed by atoms with Crippen molar-refractivity contribution in [1.82, 2.24) is 9.55 Å². The van der Waals surface area contributed by atoms with Crippen molar-refractivity contribution < 1.29 is 0 Å². The first-order valence-corrected chi connectivity index (χ1v) is 7.52. The smallest absolute Gasteiger partial charge is 0.297 e. The van der Waals surface area contributed by atoms with E-state index in [4.69, 9.17) is 11.6 Å². The molecule has 1 fully saturated rings. The van der Waals surface area contributed by atoms with E-state index in [-0.39, 0.29) is 16.1 Å². The van der Waals surface area contributed by atoms with Gasteiger partial charge in [-0.2, -0.15) is 0 Å². The maximum absolute atomic E-state index is 12.7. The lowest BCUT2D eigenvalue weighted by Gasteiger charge is -2.15. The molecule has 0 aliphatic heterocycles. The second-order valence-corrected chi connectivity index (χ2v) is 6.11. The van der Waals surface area contributed by atoms with E-state index in [9.17, 15) is 9.59 Å². The quantitative estimate of drug-likeness (QED) is 0.883. The third-order valence-corrected chi connectivity index (χ3v) is 4.69. The van der Waals surface area contributed by atoms with Gasteiger partial charge in [-0.25, -0.2) is 4.79 Å². The number of hydrogen-bond acceptors (Lipinski definition) is 2. The molecule has 110 valence electrons. The van der Waals surface area contributed by atoms with Crippen LogP contribution in [0, 0.1) is 5.41 Å². The second kappa shape index (κ2) is 5.19. The molecule has 3 rings (SSSR count). The summed E-state index contributed by atoms with van der Waals surface area (Å²) in [5.41, 5.74) is 0.459. The zero-order valence-electron chi connectivity index (χ0n) is 11.9. The summed E-state index contributed by atoms with van der Waals surface area (Å²) in [6.45, 7) is 2.56. The van der Waals surface area contributed by atoms with Crippen molar-refractivity contribution in [3.05, 3.63) is 56.3 Å². The van der Waals surface area contributed by atoms with Crippen molar-refractivity contribution in [2.75, 3.05) is 0 Å². The fraction of sp³-hybridized carbons (Fsp3) is 0.375. The molecule has 5 heteroatoms. The van der Waals surface area contributed by atoms with Crippen LogP contribution < -0.4 is 11.2 Å². The SMILES string of the molecule is CCC1(Cn2c(=O)[nH]c(Cl)c(-c3ccccc3)c2=O)CC1. The van der Waals surface area contributed by atoms with Gasteiger partial charge in [0.05, 0.1) is 5.56 Å². The minimum absolute atomic E-state index is 0.105. The Bertz CT molecular complexity index is 773. The van der Waals surface area contributed by atoms with Crippen molar-refractivity contribution in [3.63, 3.8) is 0 Å². The van der Waals surface area contributed by atoms with E-state index >= 15 is 0 Å². The Morgan fingerprint density at radius 2 is 1.90 bits per heavy atom. The van der Waals surface area contributed by atoms with Crippen LogP contribution in [0.5, 0.6) is 0 Å². The minimum Gasteiger partial charge on any atom is -0.297 e. The summed E-state index contributed by atoms with van der Waals surface area (Å²) in [6.07, 6.45) is 3.11. The maximum atomic E-state index is 12.7. The molecule has 0 unspecified atom stereocenters. The summed E-state index contributed by atoms with van der Waals surface area (Å²) in [6, 6.07) is 9.19. The van der Waals surface area contributed by atoms with Crippen LogP contribution in [0.4, 0.5) is 0 Å². The Kier molecular flexibility index (Phi) is 3.49. The molecule has 2 aromatic rings. The molecule has 0 bridgehead atoms. The molecular weight excluding hydrogens is 288 g/mol. The van der Waals surface area contributed by atoms with Crippen molar-refractivity contribution in [2.24, 2.45) is 5.41 Å². The Morgan fingerprint density at radius 1 is 1.24 bits per heavy atom. The van der Waals surface area contributed by atoms with Crippen LogP contribution in [-0.2, 0) is 6.54 Å². The Morgan fingerprint density at radius 3 is 2.48 bits per heavy atom. The van der Waals surface area contributed by atoms with E-state index in [0.29, 0.717) is 12.1 Å². The molecule has 1 aromatic heterocycles. The Labute approximate surface area is 127 Å². The maximum Gasteiger partial charge on any atom is 0.329 e. The van der Waals surface area contributed by atoms with Gasteiger partial charge in [0.25, 0.3) is 5.56 Å². The van der Waals surface area contributed by atoms with Gasteiger partial charge in [0.2, 0.25) is 0 Å². The standard InChI is InChI=1S/C16H17ClN2O2/c1-2-16(8-9-16)10-19-14(20)12(13(17)18-15(19)21)11-6-4-3-5-7-11/h3-7H,2,8-10H2,1H3,(H,18,21). The van der Waals surface area contributed by atoms with Crippen molar-refractivity contribution in [3.8, 4) is 11.1 Å². The average molecular weight is 305 g/mol. The number of halogens is 1. The third kappa shape index (κ3) is 2.56. The van der Waals surface area contributed by atoms with Gasteiger partial charge in [0, 0.05) is 6.54 Å². The van der Waals surface area contributed by atoms with Crippen LogP contribution in [0.3, 0.4) is 0 Å². The number of nitrogens with one attached hydrogen (secondary N) is 1. The van der Waals surface area contributed by atoms with Gasteiger partial charge < -0.3 is 0 Å². The summed E-state index contributed by atoms with van der Waals surface area (Å²) in [5, 5.41) is 0.105. The van der Waals surface area contributed by atoms with E-state index in [1.807, 2.05) is 30.3 Å². The van der Waals surface area contributed by atoms with Crippen molar-refractivity contribution >= 4 is 11.6 Å². The second-order valence-electron chi connectivity index (χ2n) is 5.73. The van der Waals surface area contributed by atoms with E-state index in [2.05, 4.69) is 11.9 Å². The predicted molar refractivity (Wildman–Crippen MR) is 83.7 cm³/mol. The summed E-state index contributed by atoms with van der Waals surface area (Å²) in [5.74, 6) is 0. The number of hydrogen-bond donors (Lipinski definition) is 1. The normalized spacial score (nSPS) is 15.9. The van der Waals surface area contributed by atoms with Gasteiger partial charge in [0.1, 0.15) is 5.15 Å². The molecule has 0 spiro atoms.